The van der Waals surface area contributed by atoms with E-state index in [1.54, 1.807) is 18.5 Å². The summed E-state index contributed by atoms with van der Waals surface area (Å²) in [6.45, 7) is 0. The van der Waals surface area contributed by atoms with Gasteiger partial charge in [-0.05, 0) is 40.3 Å². The molecule has 0 saturated heterocycles. The summed E-state index contributed by atoms with van der Waals surface area (Å²) in [5.74, 6) is 0. The van der Waals surface area contributed by atoms with Crippen LogP contribution in [0.25, 0.3) is 0 Å². The Labute approximate surface area is 79.2 Å². The number of nitrogens with zero attached hydrogens (tertiary/aromatic N) is 2. The smallest absolute Gasteiger partial charge is 0.106 e. The molecule has 0 aliphatic rings. The van der Waals surface area contributed by atoms with Crippen LogP contribution in [0.5, 0.6) is 0 Å². The van der Waals surface area contributed by atoms with Gasteiger partial charge in [-0.2, -0.15) is 0 Å². The number of hydrogen-bond acceptors (Lipinski definition) is 3. The number of hydrogen-bond donors (Lipinski definition) is 1. The molecule has 0 unspecified atom stereocenters. The van der Waals surface area contributed by atoms with Gasteiger partial charge >= 0.3 is 0 Å². The van der Waals surface area contributed by atoms with E-state index < -0.39 is 0 Å². The van der Waals surface area contributed by atoms with Crippen LogP contribution >= 0.6 is 15.9 Å². The Morgan fingerprint density at radius 2 is 2.33 bits per heavy atom. The zero-order valence-electron chi connectivity index (χ0n) is 6.31. The lowest BCUT2D eigenvalue weighted by molar-refractivity contribution is 1.26. The minimum atomic E-state index is 0.802. The summed E-state index contributed by atoms with van der Waals surface area (Å²) in [5, 5.41) is 0. The summed E-state index contributed by atoms with van der Waals surface area (Å²) in [7, 11) is 0. The fourth-order valence-electron chi connectivity index (χ4n) is 0.623. The van der Waals surface area contributed by atoms with Crippen molar-refractivity contribution in [3.05, 3.63) is 35.2 Å². The first-order valence-corrected chi connectivity index (χ1v) is 4.14. The maximum atomic E-state index is 5.12. The van der Waals surface area contributed by atoms with E-state index in [1.807, 2.05) is 12.1 Å². The second kappa shape index (κ2) is 4.66. The predicted molar refractivity (Wildman–Crippen MR) is 53.4 cm³/mol. The molecule has 0 spiro atoms. The Morgan fingerprint density at radius 1 is 1.50 bits per heavy atom. The Balaban J connectivity index is 2.70. The molecule has 0 aliphatic carbocycles. The fraction of sp³-hybridized carbons (Fsp3) is 0. The van der Waals surface area contributed by atoms with Gasteiger partial charge in [-0.15, -0.1) is 0 Å². The molecule has 3 nitrogen and oxygen atoms in total. The highest BCUT2D eigenvalue weighted by Crippen LogP contribution is 2.12. The Morgan fingerprint density at radius 3 is 2.92 bits per heavy atom. The van der Waals surface area contributed by atoms with E-state index in [-0.39, 0.29) is 0 Å². The summed E-state index contributed by atoms with van der Waals surface area (Å²) in [5.41, 5.74) is 5.92. The zero-order valence-corrected chi connectivity index (χ0v) is 7.90. The third kappa shape index (κ3) is 2.84. The van der Waals surface area contributed by atoms with Gasteiger partial charge in [-0.25, -0.2) is 4.98 Å². The standard InChI is InChI=1S/C8H8BrN3/c9-8-3-2-7(6-12-8)11-5-1-4-10/h1-6H,10H2. The first-order chi connectivity index (χ1) is 5.83. The summed E-state index contributed by atoms with van der Waals surface area (Å²) in [6, 6.07) is 3.69. The maximum absolute atomic E-state index is 5.12. The average Bonchev–Trinajstić information content (AvgIpc) is 2.09. The van der Waals surface area contributed by atoms with Crippen molar-refractivity contribution >= 4 is 27.8 Å². The van der Waals surface area contributed by atoms with Crippen LogP contribution in [0.1, 0.15) is 0 Å². The molecule has 0 aliphatic heterocycles. The van der Waals surface area contributed by atoms with Crippen LogP contribution in [-0.4, -0.2) is 11.2 Å². The molecule has 2 N–H and O–H groups in total. The highest BCUT2D eigenvalue weighted by molar-refractivity contribution is 9.10. The summed E-state index contributed by atoms with van der Waals surface area (Å²) >= 11 is 3.23. The number of halogens is 1. The lowest BCUT2D eigenvalue weighted by Crippen LogP contribution is -1.76. The van der Waals surface area contributed by atoms with Crippen LogP contribution < -0.4 is 5.73 Å². The van der Waals surface area contributed by atoms with Gasteiger partial charge in [0, 0.05) is 6.21 Å². The van der Waals surface area contributed by atoms with E-state index in [4.69, 9.17) is 5.73 Å². The van der Waals surface area contributed by atoms with E-state index >= 15 is 0 Å². The van der Waals surface area contributed by atoms with Crippen LogP contribution in [0.2, 0.25) is 0 Å². The van der Waals surface area contributed by atoms with Crippen molar-refractivity contribution in [3.63, 3.8) is 0 Å². The number of aliphatic imine (C=N–C) groups is 1. The Bertz CT molecular complexity index is 290. The number of pyridine rings is 1. The molecule has 0 fully saturated rings. The molecule has 1 heterocycles. The topological polar surface area (TPSA) is 51.3 Å². The maximum Gasteiger partial charge on any atom is 0.106 e. The van der Waals surface area contributed by atoms with Gasteiger partial charge in [0.25, 0.3) is 0 Å². The van der Waals surface area contributed by atoms with E-state index in [9.17, 15) is 0 Å². The number of aromatic nitrogens is 1. The molecule has 4 heteroatoms. The van der Waals surface area contributed by atoms with Gasteiger partial charge < -0.3 is 5.73 Å². The van der Waals surface area contributed by atoms with Crippen LogP contribution in [0.15, 0.2) is 40.2 Å². The van der Waals surface area contributed by atoms with Gasteiger partial charge in [0.1, 0.15) is 4.60 Å². The molecule has 12 heavy (non-hydrogen) atoms. The first-order valence-electron chi connectivity index (χ1n) is 3.35. The van der Waals surface area contributed by atoms with Crippen LogP contribution in [0.3, 0.4) is 0 Å². The van der Waals surface area contributed by atoms with E-state index in [1.165, 1.54) is 6.20 Å². The summed E-state index contributed by atoms with van der Waals surface area (Å²) in [4.78, 5) is 8.07. The van der Waals surface area contributed by atoms with Crippen LogP contribution in [0.4, 0.5) is 5.69 Å². The quantitative estimate of drug-likeness (QED) is 0.619. The lowest BCUT2D eigenvalue weighted by atomic mass is 10.4. The third-order valence-corrected chi connectivity index (χ3v) is 1.60. The summed E-state index contributed by atoms with van der Waals surface area (Å²) in [6.07, 6.45) is 6.37. The molecule has 0 bridgehead atoms. The Kier molecular flexibility index (Phi) is 3.47. The molecule has 1 rings (SSSR count). The molecule has 1 aromatic heterocycles. The van der Waals surface area contributed by atoms with Crippen molar-refractivity contribution < 1.29 is 0 Å². The van der Waals surface area contributed by atoms with Crippen molar-refractivity contribution in [3.8, 4) is 0 Å². The molecular formula is C8H8BrN3. The van der Waals surface area contributed by atoms with Crippen molar-refractivity contribution in [1.29, 1.82) is 0 Å². The predicted octanol–water partition coefficient (Wildman–Crippen LogP) is 2.02. The largest absolute Gasteiger partial charge is 0.405 e. The molecule has 1 aromatic rings. The van der Waals surface area contributed by atoms with Gasteiger partial charge in [0.15, 0.2) is 0 Å². The van der Waals surface area contributed by atoms with Crippen LogP contribution in [0, 0.1) is 0 Å². The monoisotopic (exact) mass is 225 g/mol. The SMILES string of the molecule is NC=CC=Nc1ccc(Br)nc1. The van der Waals surface area contributed by atoms with Crippen molar-refractivity contribution in [1.82, 2.24) is 4.98 Å². The Hall–Kier alpha value is -1.16. The zero-order chi connectivity index (χ0) is 8.81. The highest BCUT2D eigenvalue weighted by atomic mass is 79.9. The van der Waals surface area contributed by atoms with Gasteiger partial charge in [0.2, 0.25) is 0 Å². The minimum absolute atomic E-state index is 0.802. The summed E-state index contributed by atoms with van der Waals surface area (Å²) < 4.78 is 0.802. The van der Waals surface area contributed by atoms with E-state index in [0.29, 0.717) is 0 Å². The van der Waals surface area contributed by atoms with Gasteiger partial charge in [0.05, 0.1) is 11.9 Å². The molecule has 62 valence electrons. The average molecular weight is 226 g/mol. The van der Waals surface area contributed by atoms with Gasteiger partial charge in [-0.3, -0.25) is 4.99 Å². The molecule has 0 radical (unpaired) electrons. The molecule has 0 aromatic carbocycles. The minimum Gasteiger partial charge on any atom is -0.405 e. The fourth-order valence-corrected chi connectivity index (χ4v) is 0.858. The number of allylic oxidation sites excluding steroid dienone is 1. The molecule has 0 atom stereocenters. The van der Waals surface area contributed by atoms with Crippen LogP contribution in [-0.2, 0) is 0 Å². The second-order valence-corrected chi connectivity index (χ2v) is 2.81. The molecule has 0 amide bonds. The van der Waals surface area contributed by atoms with Gasteiger partial charge in [-0.1, -0.05) is 0 Å². The number of nitrogens with two attached hydrogens (primary N) is 1. The van der Waals surface area contributed by atoms with Crippen molar-refractivity contribution in [2.45, 2.75) is 0 Å². The van der Waals surface area contributed by atoms with E-state index in [0.717, 1.165) is 10.3 Å². The molecular weight excluding hydrogens is 218 g/mol. The molecule has 0 saturated carbocycles. The van der Waals surface area contributed by atoms with E-state index in [2.05, 4.69) is 25.9 Å². The van der Waals surface area contributed by atoms with Crippen molar-refractivity contribution in [2.75, 3.05) is 0 Å². The third-order valence-electron chi connectivity index (χ3n) is 1.13. The normalized spacial score (nSPS) is 11.4. The number of rotatable bonds is 2. The highest BCUT2D eigenvalue weighted by Gasteiger charge is 1.87. The second-order valence-electron chi connectivity index (χ2n) is 2.00. The van der Waals surface area contributed by atoms with Crippen molar-refractivity contribution in [2.24, 2.45) is 10.7 Å². The first kappa shape index (κ1) is 8.93. The lowest BCUT2D eigenvalue weighted by Gasteiger charge is -1.90.